The van der Waals surface area contributed by atoms with Crippen molar-refractivity contribution in [1.82, 2.24) is 5.32 Å². The maximum Gasteiger partial charge on any atom is 0.231 e. The molecule has 5 heteroatoms. The Hall–Kier alpha value is -3.26. The van der Waals surface area contributed by atoms with E-state index < -0.39 is 12.0 Å². The highest BCUT2D eigenvalue weighted by Crippen LogP contribution is 2.27. The van der Waals surface area contributed by atoms with Gasteiger partial charge >= 0.3 is 0 Å². The standard InChI is InChI=1S/C20H18N2O3/c1-13(19-11-14-7-3-5-9-17(14)25-19)20(23)22-16(12-21)15-8-4-6-10-18(15)24-2/h3-11,13,16H,1-2H3,(H,22,23)/t13-,16+/m1/s1. The number of methoxy groups -OCH3 is 1. The van der Waals surface area contributed by atoms with Crippen LogP contribution in [-0.4, -0.2) is 13.0 Å². The van der Waals surface area contributed by atoms with Crippen molar-refractivity contribution in [3.63, 3.8) is 0 Å². The molecule has 0 unspecified atom stereocenters. The fourth-order valence-corrected chi connectivity index (χ4v) is 2.70. The van der Waals surface area contributed by atoms with Gasteiger partial charge in [0.05, 0.1) is 19.1 Å². The lowest BCUT2D eigenvalue weighted by atomic mass is 10.0. The van der Waals surface area contributed by atoms with Crippen LogP contribution in [0.1, 0.15) is 30.2 Å². The van der Waals surface area contributed by atoms with E-state index in [0.29, 0.717) is 17.1 Å². The van der Waals surface area contributed by atoms with Crippen molar-refractivity contribution >= 4 is 16.9 Å². The number of benzene rings is 2. The van der Waals surface area contributed by atoms with Gasteiger partial charge in [0, 0.05) is 10.9 Å². The number of hydrogen-bond donors (Lipinski definition) is 1. The Labute approximate surface area is 145 Å². The second kappa shape index (κ2) is 7.10. The number of amides is 1. The predicted octanol–water partition coefficient (Wildman–Crippen LogP) is 3.93. The number of para-hydroxylation sites is 2. The minimum absolute atomic E-state index is 0.281. The SMILES string of the molecule is COc1ccccc1[C@H](C#N)NC(=O)[C@H](C)c1cc2ccccc2o1. The first-order valence-electron chi connectivity index (χ1n) is 7.95. The van der Waals surface area contributed by atoms with E-state index in [1.807, 2.05) is 36.4 Å². The molecule has 1 aromatic heterocycles. The van der Waals surface area contributed by atoms with Gasteiger partial charge in [-0.15, -0.1) is 0 Å². The Morgan fingerprint density at radius 3 is 2.64 bits per heavy atom. The van der Waals surface area contributed by atoms with Crippen molar-refractivity contribution in [2.75, 3.05) is 7.11 Å². The number of hydrogen-bond acceptors (Lipinski definition) is 4. The van der Waals surface area contributed by atoms with Crippen LogP contribution >= 0.6 is 0 Å². The maximum atomic E-state index is 12.6. The summed E-state index contributed by atoms with van der Waals surface area (Å²) in [6.07, 6.45) is 0. The minimum Gasteiger partial charge on any atom is -0.496 e. The highest BCUT2D eigenvalue weighted by Gasteiger charge is 2.24. The minimum atomic E-state index is -0.796. The Balaban J connectivity index is 1.81. The van der Waals surface area contributed by atoms with E-state index in [9.17, 15) is 10.1 Å². The lowest BCUT2D eigenvalue weighted by Crippen LogP contribution is -2.31. The number of carbonyl (C=O) groups is 1. The number of ether oxygens (including phenoxy) is 1. The molecule has 0 saturated carbocycles. The summed E-state index contributed by atoms with van der Waals surface area (Å²) >= 11 is 0. The van der Waals surface area contributed by atoms with Crippen LogP contribution in [0.25, 0.3) is 11.0 Å². The van der Waals surface area contributed by atoms with Crippen molar-refractivity contribution in [2.45, 2.75) is 18.9 Å². The van der Waals surface area contributed by atoms with Crippen LogP contribution < -0.4 is 10.1 Å². The van der Waals surface area contributed by atoms with E-state index in [0.717, 1.165) is 11.0 Å². The van der Waals surface area contributed by atoms with E-state index in [1.165, 1.54) is 7.11 Å². The fourth-order valence-electron chi connectivity index (χ4n) is 2.70. The van der Waals surface area contributed by atoms with Crippen molar-refractivity contribution in [3.8, 4) is 11.8 Å². The highest BCUT2D eigenvalue weighted by molar-refractivity contribution is 5.86. The van der Waals surface area contributed by atoms with Crippen molar-refractivity contribution < 1.29 is 13.9 Å². The quantitative estimate of drug-likeness (QED) is 0.767. The molecule has 0 aliphatic heterocycles. The summed E-state index contributed by atoms with van der Waals surface area (Å²) in [6, 6.07) is 17.9. The molecule has 1 N–H and O–H groups in total. The number of nitrogens with one attached hydrogen (secondary N) is 1. The number of rotatable bonds is 5. The lowest BCUT2D eigenvalue weighted by Gasteiger charge is -2.17. The van der Waals surface area contributed by atoms with Gasteiger partial charge in [-0.25, -0.2) is 0 Å². The molecule has 0 aliphatic carbocycles. The number of carbonyl (C=O) groups excluding carboxylic acids is 1. The van der Waals surface area contributed by atoms with Crippen molar-refractivity contribution in [2.24, 2.45) is 0 Å². The molecule has 2 aromatic carbocycles. The summed E-state index contributed by atoms with van der Waals surface area (Å²) in [5.74, 6) is 0.329. The van der Waals surface area contributed by atoms with Crippen molar-refractivity contribution in [3.05, 3.63) is 65.9 Å². The molecular formula is C20H18N2O3. The van der Waals surface area contributed by atoms with Gasteiger partial charge in [0.25, 0.3) is 0 Å². The number of furan rings is 1. The number of fused-ring (bicyclic) bond motifs is 1. The van der Waals surface area contributed by atoms with E-state index in [4.69, 9.17) is 9.15 Å². The monoisotopic (exact) mass is 334 g/mol. The Morgan fingerprint density at radius 1 is 1.20 bits per heavy atom. The van der Waals surface area contributed by atoms with E-state index in [1.54, 1.807) is 25.1 Å². The third-order valence-corrected chi connectivity index (χ3v) is 4.13. The van der Waals surface area contributed by atoms with Gasteiger partial charge in [-0.1, -0.05) is 36.4 Å². The third-order valence-electron chi connectivity index (χ3n) is 4.13. The molecule has 3 rings (SSSR count). The van der Waals surface area contributed by atoms with Gasteiger partial charge < -0.3 is 14.5 Å². The first kappa shape index (κ1) is 16.6. The topological polar surface area (TPSA) is 75.3 Å². The van der Waals surface area contributed by atoms with Crippen LogP contribution in [-0.2, 0) is 4.79 Å². The summed E-state index contributed by atoms with van der Waals surface area (Å²) < 4.78 is 11.0. The molecule has 0 fully saturated rings. The first-order chi connectivity index (χ1) is 12.1. The van der Waals surface area contributed by atoms with Crippen LogP contribution in [0.5, 0.6) is 5.75 Å². The van der Waals surface area contributed by atoms with E-state index in [-0.39, 0.29) is 5.91 Å². The van der Waals surface area contributed by atoms with Gasteiger partial charge in [0.2, 0.25) is 5.91 Å². The lowest BCUT2D eigenvalue weighted by molar-refractivity contribution is -0.122. The molecule has 2 atom stereocenters. The molecule has 0 spiro atoms. The second-order valence-corrected chi connectivity index (χ2v) is 5.72. The maximum absolute atomic E-state index is 12.6. The molecule has 3 aromatic rings. The van der Waals surface area contributed by atoms with Gasteiger partial charge in [-0.05, 0) is 25.1 Å². The summed E-state index contributed by atoms with van der Waals surface area (Å²) in [6.45, 7) is 1.75. The van der Waals surface area contributed by atoms with Crippen LogP contribution in [0.15, 0.2) is 59.0 Å². The van der Waals surface area contributed by atoms with E-state index >= 15 is 0 Å². The van der Waals surface area contributed by atoms with E-state index in [2.05, 4.69) is 11.4 Å². The average Bonchev–Trinajstić information content (AvgIpc) is 3.09. The summed E-state index contributed by atoms with van der Waals surface area (Å²) in [4.78, 5) is 12.6. The summed E-state index contributed by atoms with van der Waals surface area (Å²) in [5.41, 5.74) is 1.36. The van der Waals surface area contributed by atoms with Crippen LogP contribution in [0.2, 0.25) is 0 Å². The molecule has 0 radical (unpaired) electrons. The predicted molar refractivity (Wildman–Crippen MR) is 94.1 cm³/mol. The van der Waals surface area contributed by atoms with Gasteiger partial charge in [0.15, 0.2) is 0 Å². The largest absolute Gasteiger partial charge is 0.496 e. The highest BCUT2D eigenvalue weighted by atomic mass is 16.5. The molecule has 0 saturated heterocycles. The summed E-state index contributed by atoms with van der Waals surface area (Å²) in [5, 5.41) is 13.2. The normalized spacial score (nSPS) is 13.0. The Kier molecular flexibility index (Phi) is 4.71. The molecule has 25 heavy (non-hydrogen) atoms. The van der Waals surface area contributed by atoms with Gasteiger partial charge in [-0.3, -0.25) is 4.79 Å². The molecule has 5 nitrogen and oxygen atoms in total. The second-order valence-electron chi connectivity index (χ2n) is 5.72. The smallest absolute Gasteiger partial charge is 0.231 e. The molecule has 0 aliphatic rings. The zero-order valence-electron chi connectivity index (χ0n) is 14.0. The number of nitriles is 1. The Morgan fingerprint density at radius 2 is 1.92 bits per heavy atom. The number of nitrogens with zero attached hydrogens (tertiary/aromatic N) is 1. The van der Waals surface area contributed by atoms with Crippen molar-refractivity contribution in [1.29, 1.82) is 5.26 Å². The molecular weight excluding hydrogens is 316 g/mol. The van der Waals surface area contributed by atoms with Crippen LogP contribution in [0, 0.1) is 11.3 Å². The zero-order valence-corrected chi connectivity index (χ0v) is 14.0. The van der Waals surface area contributed by atoms with Crippen LogP contribution in [0.3, 0.4) is 0 Å². The van der Waals surface area contributed by atoms with Gasteiger partial charge in [0.1, 0.15) is 23.1 Å². The Bertz CT molecular complexity index is 906. The molecule has 0 bridgehead atoms. The molecule has 1 heterocycles. The molecule has 1 amide bonds. The zero-order chi connectivity index (χ0) is 17.8. The van der Waals surface area contributed by atoms with Gasteiger partial charge in [-0.2, -0.15) is 5.26 Å². The summed E-state index contributed by atoms with van der Waals surface area (Å²) in [7, 11) is 1.53. The molecule has 126 valence electrons. The first-order valence-corrected chi connectivity index (χ1v) is 7.95. The third kappa shape index (κ3) is 3.33. The van der Waals surface area contributed by atoms with Crippen LogP contribution in [0.4, 0.5) is 0 Å². The average molecular weight is 334 g/mol. The fraction of sp³-hybridized carbons (Fsp3) is 0.200.